The molecular weight excluding hydrogens is 252 g/mol. The van der Waals surface area contributed by atoms with Crippen LogP contribution in [0.4, 0.5) is 11.8 Å². The molecule has 0 aliphatic heterocycles. The van der Waals surface area contributed by atoms with Gasteiger partial charge in [-0.3, -0.25) is 5.10 Å². The van der Waals surface area contributed by atoms with Crippen molar-refractivity contribution in [1.29, 1.82) is 0 Å². The Balaban J connectivity index is 1.76. The normalized spacial score (nSPS) is 18.4. The van der Waals surface area contributed by atoms with Crippen LogP contribution in [-0.2, 0) is 0 Å². The van der Waals surface area contributed by atoms with E-state index < -0.39 is 0 Å². The van der Waals surface area contributed by atoms with Gasteiger partial charge in [0.05, 0.1) is 11.6 Å². The van der Waals surface area contributed by atoms with E-state index in [-0.39, 0.29) is 0 Å². The van der Waals surface area contributed by atoms with Crippen LogP contribution >= 0.6 is 0 Å². The predicted octanol–water partition coefficient (Wildman–Crippen LogP) is 2.16. The summed E-state index contributed by atoms with van der Waals surface area (Å²) in [5.41, 5.74) is 0.826. The molecule has 0 bridgehead atoms. The SMILES string of the molecule is CCNc1nc(N(CC2CC2)C2CC2)c2cn[nH]c2n1. The van der Waals surface area contributed by atoms with Crippen molar-refractivity contribution in [2.24, 2.45) is 5.92 Å². The summed E-state index contributed by atoms with van der Waals surface area (Å²) >= 11 is 0. The minimum absolute atomic E-state index is 0.665. The molecule has 0 atom stereocenters. The van der Waals surface area contributed by atoms with Gasteiger partial charge in [-0.2, -0.15) is 15.1 Å². The smallest absolute Gasteiger partial charge is 0.226 e. The van der Waals surface area contributed by atoms with E-state index in [2.05, 4.69) is 32.3 Å². The van der Waals surface area contributed by atoms with Gasteiger partial charge >= 0.3 is 0 Å². The van der Waals surface area contributed by atoms with Gasteiger partial charge < -0.3 is 10.2 Å². The third-order valence-corrected chi connectivity index (χ3v) is 4.04. The molecule has 6 heteroatoms. The highest BCUT2D eigenvalue weighted by molar-refractivity contribution is 5.87. The van der Waals surface area contributed by atoms with E-state index in [1.165, 1.54) is 25.7 Å². The quantitative estimate of drug-likeness (QED) is 0.843. The van der Waals surface area contributed by atoms with Crippen LogP contribution in [0.1, 0.15) is 32.6 Å². The van der Waals surface area contributed by atoms with Gasteiger partial charge in [0.25, 0.3) is 0 Å². The third kappa shape index (κ3) is 2.19. The van der Waals surface area contributed by atoms with Crippen molar-refractivity contribution in [3.05, 3.63) is 6.20 Å². The number of aromatic amines is 1. The Kier molecular flexibility index (Phi) is 2.75. The van der Waals surface area contributed by atoms with Crippen molar-refractivity contribution in [2.45, 2.75) is 38.6 Å². The summed E-state index contributed by atoms with van der Waals surface area (Å²) in [7, 11) is 0. The molecule has 0 unspecified atom stereocenters. The summed E-state index contributed by atoms with van der Waals surface area (Å²) in [4.78, 5) is 11.7. The topological polar surface area (TPSA) is 69.7 Å². The van der Waals surface area contributed by atoms with E-state index in [9.17, 15) is 0 Å². The second-order valence-corrected chi connectivity index (χ2v) is 5.86. The average Bonchev–Trinajstić information content (AvgIpc) is 3.34. The van der Waals surface area contributed by atoms with Crippen LogP contribution in [0.25, 0.3) is 11.0 Å². The number of nitrogens with zero attached hydrogens (tertiary/aromatic N) is 4. The van der Waals surface area contributed by atoms with Crippen LogP contribution in [0, 0.1) is 5.92 Å². The minimum Gasteiger partial charge on any atom is -0.354 e. The second-order valence-electron chi connectivity index (χ2n) is 5.86. The standard InChI is InChI=1S/C14H20N6/c1-2-15-14-17-12-11(7-16-19-12)13(18-14)20(10-5-6-10)8-9-3-4-9/h7,9-10H,2-6,8H2,1H3,(H2,15,16,17,18,19). The maximum Gasteiger partial charge on any atom is 0.226 e. The lowest BCUT2D eigenvalue weighted by Crippen LogP contribution is -2.29. The number of nitrogens with one attached hydrogen (secondary N) is 2. The Morgan fingerprint density at radius 2 is 2.15 bits per heavy atom. The monoisotopic (exact) mass is 272 g/mol. The molecule has 106 valence electrons. The fraction of sp³-hybridized carbons (Fsp3) is 0.643. The summed E-state index contributed by atoms with van der Waals surface area (Å²) in [6, 6.07) is 0.665. The summed E-state index contributed by atoms with van der Waals surface area (Å²) in [6.07, 6.45) is 7.15. The van der Waals surface area contributed by atoms with Crippen molar-refractivity contribution in [1.82, 2.24) is 20.2 Å². The molecule has 0 amide bonds. The molecule has 2 aliphatic rings. The first-order valence-corrected chi connectivity index (χ1v) is 7.56. The molecule has 0 aromatic carbocycles. The van der Waals surface area contributed by atoms with Gasteiger partial charge in [0.2, 0.25) is 5.95 Å². The van der Waals surface area contributed by atoms with E-state index in [1.807, 2.05) is 6.20 Å². The molecule has 2 aromatic rings. The van der Waals surface area contributed by atoms with Gasteiger partial charge in [-0.25, -0.2) is 0 Å². The van der Waals surface area contributed by atoms with Crippen molar-refractivity contribution < 1.29 is 0 Å². The van der Waals surface area contributed by atoms with Crippen molar-refractivity contribution in [3.63, 3.8) is 0 Å². The molecule has 0 radical (unpaired) electrons. The lowest BCUT2D eigenvalue weighted by Gasteiger charge is -2.24. The molecule has 2 N–H and O–H groups in total. The number of hydrogen-bond donors (Lipinski definition) is 2. The highest BCUT2D eigenvalue weighted by atomic mass is 15.3. The van der Waals surface area contributed by atoms with E-state index in [0.717, 1.165) is 35.9 Å². The number of rotatable bonds is 6. The fourth-order valence-corrected chi connectivity index (χ4v) is 2.65. The van der Waals surface area contributed by atoms with Gasteiger partial charge in [0.15, 0.2) is 5.65 Å². The highest BCUT2D eigenvalue weighted by Gasteiger charge is 2.35. The fourth-order valence-electron chi connectivity index (χ4n) is 2.65. The lowest BCUT2D eigenvalue weighted by atomic mass is 10.3. The maximum atomic E-state index is 4.75. The Morgan fingerprint density at radius 3 is 2.85 bits per heavy atom. The van der Waals surface area contributed by atoms with Crippen molar-refractivity contribution in [2.75, 3.05) is 23.3 Å². The second kappa shape index (κ2) is 4.61. The Labute approximate surface area is 118 Å². The zero-order chi connectivity index (χ0) is 13.5. The average molecular weight is 272 g/mol. The minimum atomic E-state index is 0.665. The van der Waals surface area contributed by atoms with Gasteiger partial charge in [-0.1, -0.05) is 0 Å². The molecule has 2 aromatic heterocycles. The Morgan fingerprint density at radius 1 is 1.30 bits per heavy atom. The van der Waals surface area contributed by atoms with Crippen LogP contribution in [0.2, 0.25) is 0 Å². The lowest BCUT2D eigenvalue weighted by molar-refractivity contribution is 0.711. The van der Waals surface area contributed by atoms with Crippen LogP contribution in [0.3, 0.4) is 0 Å². The number of hydrogen-bond acceptors (Lipinski definition) is 5. The summed E-state index contributed by atoms with van der Waals surface area (Å²) < 4.78 is 0. The molecule has 2 saturated carbocycles. The van der Waals surface area contributed by atoms with E-state index >= 15 is 0 Å². The molecular formula is C14H20N6. The summed E-state index contributed by atoms with van der Waals surface area (Å²) in [5, 5.41) is 11.4. The van der Waals surface area contributed by atoms with Crippen LogP contribution in [0.15, 0.2) is 6.20 Å². The van der Waals surface area contributed by atoms with Crippen molar-refractivity contribution in [3.8, 4) is 0 Å². The van der Waals surface area contributed by atoms with Gasteiger partial charge in [-0.15, -0.1) is 0 Å². The first-order valence-electron chi connectivity index (χ1n) is 7.56. The summed E-state index contributed by atoms with van der Waals surface area (Å²) in [6.45, 7) is 4.02. The Bertz CT molecular complexity index is 613. The Hall–Kier alpha value is -1.85. The van der Waals surface area contributed by atoms with Crippen LogP contribution in [0.5, 0.6) is 0 Å². The molecule has 0 saturated heterocycles. The molecule has 2 heterocycles. The van der Waals surface area contributed by atoms with Gasteiger partial charge in [0, 0.05) is 19.1 Å². The molecule has 2 aliphatic carbocycles. The number of aromatic nitrogens is 4. The van der Waals surface area contributed by atoms with Gasteiger partial charge in [-0.05, 0) is 38.5 Å². The molecule has 2 fully saturated rings. The zero-order valence-corrected chi connectivity index (χ0v) is 11.8. The maximum absolute atomic E-state index is 4.75. The van der Waals surface area contributed by atoms with Crippen molar-refractivity contribution >= 4 is 22.8 Å². The van der Waals surface area contributed by atoms with E-state index in [4.69, 9.17) is 4.98 Å². The zero-order valence-electron chi connectivity index (χ0n) is 11.8. The van der Waals surface area contributed by atoms with Crippen LogP contribution in [-0.4, -0.2) is 39.3 Å². The molecule has 0 spiro atoms. The molecule has 4 rings (SSSR count). The van der Waals surface area contributed by atoms with Crippen LogP contribution < -0.4 is 10.2 Å². The number of fused-ring (bicyclic) bond motifs is 1. The van der Waals surface area contributed by atoms with E-state index in [0.29, 0.717) is 12.0 Å². The van der Waals surface area contributed by atoms with Gasteiger partial charge in [0.1, 0.15) is 5.82 Å². The predicted molar refractivity (Wildman–Crippen MR) is 78.9 cm³/mol. The number of anilines is 2. The first kappa shape index (κ1) is 11.9. The third-order valence-electron chi connectivity index (χ3n) is 4.04. The molecule has 20 heavy (non-hydrogen) atoms. The van der Waals surface area contributed by atoms with E-state index in [1.54, 1.807) is 0 Å². The largest absolute Gasteiger partial charge is 0.354 e. The summed E-state index contributed by atoms with van der Waals surface area (Å²) in [5.74, 6) is 2.60. The molecule has 6 nitrogen and oxygen atoms in total. The highest BCUT2D eigenvalue weighted by Crippen LogP contribution is 2.39. The number of H-pyrrole nitrogens is 1. The first-order chi connectivity index (χ1) is 9.85.